The molecule has 0 aliphatic carbocycles. The third kappa shape index (κ3) is 3.79. The van der Waals surface area contributed by atoms with Gasteiger partial charge in [-0.15, -0.1) is 5.10 Å². The van der Waals surface area contributed by atoms with E-state index in [9.17, 15) is 0 Å². The van der Waals surface area contributed by atoms with Crippen LogP contribution in [0.3, 0.4) is 0 Å². The smallest absolute Gasteiger partial charge is 0.238 e. The van der Waals surface area contributed by atoms with Gasteiger partial charge in [-0.1, -0.05) is 13.8 Å². The zero-order chi connectivity index (χ0) is 13.8. The van der Waals surface area contributed by atoms with Gasteiger partial charge < -0.3 is 10.1 Å². The van der Waals surface area contributed by atoms with E-state index in [1.165, 1.54) is 0 Å². The largest absolute Gasteiger partial charge is 0.437 e. The molecule has 2 rings (SSSR count). The van der Waals surface area contributed by atoms with E-state index in [1.54, 1.807) is 0 Å². The summed E-state index contributed by atoms with van der Waals surface area (Å²) in [6.45, 7) is 8.84. The van der Waals surface area contributed by atoms with Gasteiger partial charge in [0, 0.05) is 47.9 Å². The normalized spacial score (nSPS) is 11.0. The molecule has 0 amide bonds. The van der Waals surface area contributed by atoms with Crippen LogP contribution in [-0.2, 0) is 6.54 Å². The van der Waals surface area contributed by atoms with Crippen LogP contribution in [0.1, 0.15) is 30.8 Å². The van der Waals surface area contributed by atoms with Crippen molar-refractivity contribution in [1.29, 1.82) is 0 Å². The minimum Gasteiger partial charge on any atom is -0.437 e. The van der Waals surface area contributed by atoms with E-state index in [0.29, 0.717) is 11.9 Å². The maximum Gasteiger partial charge on any atom is 0.238 e. The van der Waals surface area contributed by atoms with E-state index >= 15 is 0 Å². The van der Waals surface area contributed by atoms with Gasteiger partial charge in [0.15, 0.2) is 0 Å². The van der Waals surface area contributed by atoms with Crippen molar-refractivity contribution in [2.45, 2.75) is 40.3 Å². The van der Waals surface area contributed by atoms with Gasteiger partial charge in [0.1, 0.15) is 5.75 Å². The number of H-pyrrole nitrogens is 1. The Kier molecular flexibility index (Phi) is 4.16. The Morgan fingerprint density at radius 2 is 2.11 bits per heavy atom. The summed E-state index contributed by atoms with van der Waals surface area (Å²) in [4.78, 5) is 4.32. The van der Waals surface area contributed by atoms with Crippen molar-refractivity contribution in [1.82, 2.24) is 20.5 Å². The van der Waals surface area contributed by atoms with Crippen molar-refractivity contribution in [3.8, 4) is 11.6 Å². The highest BCUT2D eigenvalue weighted by molar-refractivity contribution is 5.35. The van der Waals surface area contributed by atoms with Crippen LogP contribution in [-0.4, -0.2) is 21.2 Å². The third-order valence-electron chi connectivity index (χ3n) is 2.68. The summed E-state index contributed by atoms with van der Waals surface area (Å²) in [7, 11) is 0. The van der Waals surface area contributed by atoms with E-state index in [-0.39, 0.29) is 0 Å². The highest BCUT2D eigenvalue weighted by Crippen LogP contribution is 2.24. The molecule has 0 saturated heterocycles. The number of aromatic nitrogens is 3. The number of hydrogen-bond donors (Lipinski definition) is 2. The molecule has 102 valence electrons. The fourth-order valence-corrected chi connectivity index (χ4v) is 1.66. The Morgan fingerprint density at radius 1 is 1.32 bits per heavy atom. The van der Waals surface area contributed by atoms with E-state index in [2.05, 4.69) is 34.3 Å². The lowest BCUT2D eigenvalue weighted by molar-refractivity contribution is 0.449. The first-order chi connectivity index (χ1) is 9.04. The molecule has 0 bridgehead atoms. The van der Waals surface area contributed by atoms with Crippen molar-refractivity contribution in [3.63, 3.8) is 0 Å². The van der Waals surface area contributed by atoms with Gasteiger partial charge in [0.25, 0.3) is 0 Å². The molecule has 0 radical (unpaired) electrons. The van der Waals surface area contributed by atoms with Gasteiger partial charge in [0.2, 0.25) is 5.88 Å². The SMILES string of the molecule is Cc1cc(Oc2cc(C)[nH]n2)c(CNC(C)C)cn1. The Morgan fingerprint density at radius 3 is 2.74 bits per heavy atom. The maximum absolute atomic E-state index is 5.82. The van der Waals surface area contributed by atoms with Gasteiger partial charge in [-0.3, -0.25) is 10.1 Å². The van der Waals surface area contributed by atoms with Crippen molar-refractivity contribution in [2.75, 3.05) is 0 Å². The van der Waals surface area contributed by atoms with Crippen LogP contribution in [0.5, 0.6) is 11.6 Å². The number of pyridine rings is 1. The first kappa shape index (κ1) is 13.5. The third-order valence-corrected chi connectivity index (χ3v) is 2.68. The van der Waals surface area contributed by atoms with E-state index in [1.807, 2.05) is 32.2 Å². The molecule has 0 aromatic carbocycles. The number of rotatable bonds is 5. The second-order valence-electron chi connectivity index (χ2n) is 4.96. The molecule has 0 aliphatic rings. The fourth-order valence-electron chi connectivity index (χ4n) is 1.66. The lowest BCUT2D eigenvalue weighted by atomic mass is 10.2. The number of nitrogens with zero attached hydrogens (tertiary/aromatic N) is 2. The number of aromatic amines is 1. The molecule has 2 N–H and O–H groups in total. The van der Waals surface area contributed by atoms with Gasteiger partial charge in [-0.2, -0.15) is 0 Å². The Bertz CT molecular complexity index is 548. The molecule has 5 nitrogen and oxygen atoms in total. The lowest BCUT2D eigenvalue weighted by Gasteiger charge is -2.12. The van der Waals surface area contributed by atoms with E-state index < -0.39 is 0 Å². The number of nitrogens with one attached hydrogen (secondary N) is 2. The molecule has 0 unspecified atom stereocenters. The fraction of sp³-hybridized carbons (Fsp3) is 0.429. The monoisotopic (exact) mass is 260 g/mol. The minimum absolute atomic E-state index is 0.418. The van der Waals surface area contributed by atoms with Gasteiger partial charge in [0.05, 0.1) is 0 Å². The van der Waals surface area contributed by atoms with E-state index in [0.717, 1.165) is 29.2 Å². The predicted molar refractivity (Wildman–Crippen MR) is 74.3 cm³/mol. The van der Waals surface area contributed by atoms with Gasteiger partial charge >= 0.3 is 0 Å². The molecule has 0 atom stereocenters. The summed E-state index contributed by atoms with van der Waals surface area (Å²) >= 11 is 0. The number of aryl methyl sites for hydroxylation is 2. The van der Waals surface area contributed by atoms with Crippen LogP contribution < -0.4 is 10.1 Å². The first-order valence-corrected chi connectivity index (χ1v) is 6.43. The zero-order valence-corrected chi connectivity index (χ0v) is 11.8. The molecule has 5 heteroatoms. The maximum atomic E-state index is 5.82. The summed E-state index contributed by atoms with van der Waals surface area (Å²) in [6.07, 6.45) is 1.85. The molecular weight excluding hydrogens is 240 g/mol. The summed E-state index contributed by atoms with van der Waals surface area (Å²) in [5, 5.41) is 10.3. The molecule has 0 fully saturated rings. The molecule has 2 aromatic heterocycles. The van der Waals surface area contributed by atoms with Crippen LogP contribution in [0, 0.1) is 13.8 Å². The summed E-state index contributed by atoms with van der Waals surface area (Å²) in [5.41, 5.74) is 2.93. The molecule has 2 heterocycles. The molecule has 0 saturated carbocycles. The first-order valence-electron chi connectivity index (χ1n) is 6.43. The van der Waals surface area contributed by atoms with Crippen LogP contribution in [0.4, 0.5) is 0 Å². The molecular formula is C14H20N4O. The number of ether oxygens (including phenoxy) is 1. The second kappa shape index (κ2) is 5.84. The summed E-state index contributed by atoms with van der Waals surface area (Å²) < 4.78 is 5.82. The van der Waals surface area contributed by atoms with Crippen molar-refractivity contribution in [2.24, 2.45) is 0 Å². The highest BCUT2D eigenvalue weighted by Gasteiger charge is 2.08. The minimum atomic E-state index is 0.418. The molecule has 2 aromatic rings. The molecule has 19 heavy (non-hydrogen) atoms. The average Bonchev–Trinajstić information content (AvgIpc) is 2.73. The standard InChI is InChI=1S/C14H20N4O/c1-9(2)15-7-12-8-16-10(3)5-13(12)19-14-6-11(4)17-18-14/h5-6,8-9,15H,7H2,1-4H3,(H,17,18). The predicted octanol–water partition coefficient (Wildman–Crippen LogP) is 2.71. The van der Waals surface area contributed by atoms with Gasteiger partial charge in [-0.25, -0.2) is 0 Å². The van der Waals surface area contributed by atoms with Crippen molar-refractivity contribution in [3.05, 3.63) is 35.3 Å². The quantitative estimate of drug-likeness (QED) is 0.867. The zero-order valence-electron chi connectivity index (χ0n) is 11.8. The van der Waals surface area contributed by atoms with E-state index in [4.69, 9.17) is 4.74 Å². The van der Waals surface area contributed by atoms with Crippen LogP contribution >= 0.6 is 0 Å². The number of hydrogen-bond acceptors (Lipinski definition) is 4. The Balaban J connectivity index is 2.19. The molecule has 0 spiro atoms. The Hall–Kier alpha value is -1.88. The summed E-state index contributed by atoms with van der Waals surface area (Å²) in [5.74, 6) is 1.38. The van der Waals surface area contributed by atoms with Crippen molar-refractivity contribution >= 4 is 0 Å². The van der Waals surface area contributed by atoms with Crippen molar-refractivity contribution < 1.29 is 4.74 Å². The lowest BCUT2D eigenvalue weighted by Crippen LogP contribution is -2.22. The molecule has 0 aliphatic heterocycles. The highest BCUT2D eigenvalue weighted by atomic mass is 16.5. The average molecular weight is 260 g/mol. The second-order valence-corrected chi connectivity index (χ2v) is 4.96. The van der Waals surface area contributed by atoms with Crippen LogP contribution in [0.25, 0.3) is 0 Å². The van der Waals surface area contributed by atoms with Crippen LogP contribution in [0.2, 0.25) is 0 Å². The van der Waals surface area contributed by atoms with Gasteiger partial charge in [-0.05, 0) is 13.8 Å². The topological polar surface area (TPSA) is 62.8 Å². The Labute approximate surface area is 113 Å². The van der Waals surface area contributed by atoms with Crippen LogP contribution in [0.15, 0.2) is 18.3 Å². The summed E-state index contributed by atoms with van der Waals surface area (Å²) in [6, 6.07) is 4.22.